The van der Waals surface area contributed by atoms with E-state index >= 15 is 0 Å². The first-order chi connectivity index (χ1) is 13.9. The maximum Gasteiger partial charge on any atom is 0.322 e. The number of carbonyl (C=O) groups is 1. The highest BCUT2D eigenvalue weighted by Gasteiger charge is 2.13. The second kappa shape index (κ2) is 9.98. The second-order valence-electron chi connectivity index (χ2n) is 7.14. The molecule has 1 amide bonds. The second-order valence-corrected chi connectivity index (χ2v) is 10.4. The van der Waals surface area contributed by atoms with Crippen molar-refractivity contribution in [3.63, 3.8) is 0 Å². The van der Waals surface area contributed by atoms with E-state index in [9.17, 15) is 4.79 Å². The number of thioether (sulfide) groups is 2. The van der Waals surface area contributed by atoms with Crippen molar-refractivity contribution in [1.29, 1.82) is 0 Å². The molecule has 7 heteroatoms. The Bertz CT molecular complexity index is 953. The quantitative estimate of drug-likeness (QED) is 0.451. The van der Waals surface area contributed by atoms with Gasteiger partial charge in [-0.25, -0.2) is 0 Å². The van der Waals surface area contributed by atoms with Gasteiger partial charge in [-0.1, -0.05) is 51.0 Å². The molecule has 0 aliphatic carbocycles. The fourth-order valence-electron chi connectivity index (χ4n) is 2.66. The van der Waals surface area contributed by atoms with Crippen LogP contribution in [0.2, 0.25) is 0 Å². The minimum absolute atomic E-state index is 0.110. The Morgan fingerprint density at radius 1 is 0.966 bits per heavy atom. The highest BCUT2D eigenvalue weighted by atomic mass is 32.2. The monoisotopic (exact) mass is 427 g/mol. The van der Waals surface area contributed by atoms with Crippen LogP contribution >= 0.6 is 23.5 Å². The molecule has 1 N–H and O–H groups in total. The number of anilines is 1. The summed E-state index contributed by atoms with van der Waals surface area (Å²) in [4.78, 5) is 14.8. The van der Waals surface area contributed by atoms with Crippen LogP contribution in [0.3, 0.4) is 0 Å². The van der Waals surface area contributed by atoms with Gasteiger partial charge >= 0.3 is 6.01 Å². The van der Waals surface area contributed by atoms with Gasteiger partial charge < -0.3 is 4.42 Å². The van der Waals surface area contributed by atoms with E-state index in [2.05, 4.69) is 67.5 Å². The fourth-order valence-corrected chi connectivity index (χ4v) is 4.39. The minimum atomic E-state index is -0.263. The van der Waals surface area contributed by atoms with Crippen molar-refractivity contribution in [2.24, 2.45) is 0 Å². The van der Waals surface area contributed by atoms with E-state index in [1.54, 1.807) is 17.8 Å². The highest BCUT2D eigenvalue weighted by molar-refractivity contribution is 8.00. The van der Waals surface area contributed by atoms with Crippen LogP contribution in [0.5, 0.6) is 0 Å². The smallest absolute Gasteiger partial charge is 0.322 e. The standard InChI is InChI=1S/C22H25N3O2S2/c1-14(2)28-18-10-8-16(9-11-18)12-20-24-25-22(27-20)23-21(26)17-6-5-7-19(13-17)29-15(3)4/h5-11,13-15H,12H2,1-4H3,(H,23,25,26). The SMILES string of the molecule is CC(C)Sc1ccc(Cc2nnc(NC(=O)c3cccc(SC(C)C)c3)o2)cc1. The number of benzene rings is 2. The largest absolute Gasteiger partial charge is 0.407 e. The molecule has 0 saturated carbocycles. The predicted octanol–water partition coefficient (Wildman–Crippen LogP) is 5.91. The summed E-state index contributed by atoms with van der Waals surface area (Å²) in [5.41, 5.74) is 1.65. The van der Waals surface area contributed by atoms with Crippen LogP contribution in [0.4, 0.5) is 6.01 Å². The van der Waals surface area contributed by atoms with Gasteiger partial charge in [0.1, 0.15) is 0 Å². The van der Waals surface area contributed by atoms with Crippen LogP contribution in [-0.2, 0) is 6.42 Å². The first kappa shape index (κ1) is 21.5. The van der Waals surface area contributed by atoms with Gasteiger partial charge in [-0.3, -0.25) is 10.1 Å². The van der Waals surface area contributed by atoms with E-state index in [1.165, 1.54) is 4.90 Å². The zero-order valence-corrected chi connectivity index (χ0v) is 18.6. The Balaban J connectivity index is 1.60. The van der Waals surface area contributed by atoms with Gasteiger partial charge in [0.05, 0.1) is 6.42 Å². The summed E-state index contributed by atoms with van der Waals surface area (Å²) in [7, 11) is 0. The van der Waals surface area contributed by atoms with Gasteiger partial charge in [-0.05, 0) is 35.9 Å². The van der Waals surface area contributed by atoms with Crippen LogP contribution < -0.4 is 5.32 Å². The third kappa shape index (κ3) is 6.65. The average molecular weight is 428 g/mol. The molecule has 3 aromatic rings. The van der Waals surface area contributed by atoms with Crippen LogP contribution in [-0.4, -0.2) is 26.6 Å². The van der Waals surface area contributed by atoms with Gasteiger partial charge in [0, 0.05) is 25.9 Å². The summed E-state index contributed by atoms with van der Waals surface area (Å²) in [6.07, 6.45) is 0.524. The summed E-state index contributed by atoms with van der Waals surface area (Å²) in [6.45, 7) is 8.58. The molecule has 0 radical (unpaired) electrons. The van der Waals surface area contributed by atoms with Crippen molar-refractivity contribution in [2.75, 3.05) is 5.32 Å². The number of amides is 1. The van der Waals surface area contributed by atoms with E-state index in [0.29, 0.717) is 28.4 Å². The summed E-state index contributed by atoms with van der Waals surface area (Å²) in [5, 5.41) is 11.7. The molecular weight excluding hydrogens is 402 g/mol. The molecule has 0 unspecified atom stereocenters. The average Bonchev–Trinajstić information content (AvgIpc) is 3.09. The molecule has 29 heavy (non-hydrogen) atoms. The summed E-state index contributed by atoms with van der Waals surface area (Å²) in [5.74, 6) is 0.204. The zero-order chi connectivity index (χ0) is 20.8. The van der Waals surface area contributed by atoms with E-state index in [-0.39, 0.29) is 11.9 Å². The number of hydrogen-bond donors (Lipinski definition) is 1. The van der Waals surface area contributed by atoms with E-state index in [0.717, 1.165) is 10.5 Å². The lowest BCUT2D eigenvalue weighted by Crippen LogP contribution is -2.12. The van der Waals surface area contributed by atoms with E-state index < -0.39 is 0 Å². The summed E-state index contributed by atoms with van der Waals surface area (Å²) >= 11 is 3.54. The van der Waals surface area contributed by atoms with Gasteiger partial charge in [0.2, 0.25) is 5.89 Å². The first-order valence-corrected chi connectivity index (χ1v) is 11.3. The van der Waals surface area contributed by atoms with Gasteiger partial charge in [0.15, 0.2) is 0 Å². The Labute approximate surface area is 180 Å². The lowest BCUT2D eigenvalue weighted by Gasteiger charge is -2.06. The third-order valence-electron chi connectivity index (χ3n) is 3.81. The van der Waals surface area contributed by atoms with Crippen LogP contribution in [0.1, 0.15) is 49.5 Å². The molecule has 1 heterocycles. The van der Waals surface area contributed by atoms with E-state index in [1.807, 2.05) is 30.0 Å². The van der Waals surface area contributed by atoms with Gasteiger partial charge in [-0.15, -0.1) is 28.6 Å². The normalized spacial score (nSPS) is 11.2. The maximum absolute atomic E-state index is 12.5. The molecule has 0 saturated heterocycles. The number of nitrogens with zero attached hydrogens (tertiary/aromatic N) is 2. The fraction of sp³-hybridized carbons (Fsp3) is 0.318. The summed E-state index contributed by atoms with van der Waals surface area (Å²) < 4.78 is 5.60. The number of carbonyl (C=O) groups excluding carboxylic acids is 1. The zero-order valence-electron chi connectivity index (χ0n) is 17.0. The number of rotatable bonds is 8. The molecule has 2 aromatic carbocycles. The van der Waals surface area contributed by atoms with Crippen molar-refractivity contribution >= 4 is 35.4 Å². The molecule has 0 fully saturated rings. The van der Waals surface area contributed by atoms with Crippen molar-refractivity contribution in [3.05, 3.63) is 65.5 Å². The van der Waals surface area contributed by atoms with Gasteiger partial charge in [-0.2, -0.15) is 0 Å². The molecule has 0 aliphatic heterocycles. The highest BCUT2D eigenvalue weighted by Crippen LogP contribution is 2.25. The lowest BCUT2D eigenvalue weighted by molar-refractivity contribution is 0.102. The first-order valence-electron chi connectivity index (χ1n) is 9.55. The van der Waals surface area contributed by atoms with Crippen molar-refractivity contribution in [3.8, 4) is 0 Å². The molecule has 152 valence electrons. The minimum Gasteiger partial charge on any atom is -0.407 e. The van der Waals surface area contributed by atoms with Crippen LogP contribution in [0.15, 0.2) is 62.7 Å². The van der Waals surface area contributed by atoms with Crippen LogP contribution in [0.25, 0.3) is 0 Å². The third-order valence-corrected chi connectivity index (χ3v) is 5.82. The molecule has 0 aliphatic rings. The number of nitrogens with one attached hydrogen (secondary N) is 1. The Kier molecular flexibility index (Phi) is 7.39. The number of hydrogen-bond acceptors (Lipinski definition) is 6. The summed E-state index contributed by atoms with van der Waals surface area (Å²) in [6, 6.07) is 15.9. The molecule has 0 bridgehead atoms. The molecule has 5 nitrogen and oxygen atoms in total. The van der Waals surface area contributed by atoms with Crippen molar-refractivity contribution in [2.45, 2.75) is 54.4 Å². The molecule has 1 aromatic heterocycles. The molecule has 0 spiro atoms. The molecule has 3 rings (SSSR count). The Morgan fingerprint density at radius 3 is 2.34 bits per heavy atom. The molecule has 0 atom stereocenters. The maximum atomic E-state index is 12.5. The Hall–Kier alpha value is -2.25. The predicted molar refractivity (Wildman–Crippen MR) is 120 cm³/mol. The van der Waals surface area contributed by atoms with Crippen LogP contribution in [0, 0.1) is 0 Å². The molecular formula is C22H25N3O2S2. The lowest BCUT2D eigenvalue weighted by atomic mass is 10.1. The van der Waals surface area contributed by atoms with E-state index in [4.69, 9.17) is 4.42 Å². The number of aromatic nitrogens is 2. The van der Waals surface area contributed by atoms with Crippen molar-refractivity contribution in [1.82, 2.24) is 10.2 Å². The topological polar surface area (TPSA) is 68.0 Å². The van der Waals surface area contributed by atoms with Crippen molar-refractivity contribution < 1.29 is 9.21 Å². The van der Waals surface area contributed by atoms with Gasteiger partial charge in [0.25, 0.3) is 5.91 Å². The Morgan fingerprint density at radius 2 is 1.66 bits per heavy atom.